The average molecular weight is 555 g/mol. The maximum Gasteiger partial charge on any atom is 0.416 e. The summed E-state index contributed by atoms with van der Waals surface area (Å²) in [5.41, 5.74) is -0.883. The van der Waals surface area contributed by atoms with Crippen LogP contribution in [0.1, 0.15) is 22.3 Å². The van der Waals surface area contributed by atoms with Crippen molar-refractivity contribution in [2.75, 3.05) is 16.8 Å². The fourth-order valence-electron chi connectivity index (χ4n) is 5.56. The number of rotatable bonds is 5. The van der Waals surface area contributed by atoms with E-state index in [0.717, 1.165) is 23.1 Å². The SMILES string of the molecule is O=C(COC(=O)c1cccc(N2C(=O)[C@@H]3[C@H]4C[C@@H]([C@H](Cl)[C@H]4Cl)[C@H]3C2=O)c1)Nc1cccc(C(F)(F)F)c1. The molecule has 0 spiro atoms. The van der Waals surface area contributed by atoms with Crippen molar-refractivity contribution in [2.24, 2.45) is 23.7 Å². The predicted octanol–water partition coefficient (Wildman–Crippen LogP) is 4.47. The van der Waals surface area contributed by atoms with Crippen LogP contribution in [-0.4, -0.2) is 41.1 Å². The van der Waals surface area contributed by atoms with E-state index in [-0.39, 0.29) is 40.6 Å². The predicted molar refractivity (Wildman–Crippen MR) is 127 cm³/mol. The van der Waals surface area contributed by atoms with Gasteiger partial charge in [-0.25, -0.2) is 4.79 Å². The van der Waals surface area contributed by atoms with E-state index in [4.69, 9.17) is 27.9 Å². The molecule has 3 amide bonds. The summed E-state index contributed by atoms with van der Waals surface area (Å²) < 4.78 is 43.5. The molecular formula is C25H19Cl2F3N2O5. The van der Waals surface area contributed by atoms with Crippen LogP contribution in [0.15, 0.2) is 48.5 Å². The Morgan fingerprint density at radius 1 is 0.973 bits per heavy atom. The van der Waals surface area contributed by atoms with Crippen molar-refractivity contribution in [2.45, 2.75) is 23.4 Å². The average Bonchev–Trinajstić information content (AvgIpc) is 3.47. The van der Waals surface area contributed by atoms with Crippen molar-refractivity contribution in [3.8, 4) is 0 Å². The third-order valence-electron chi connectivity index (χ3n) is 7.14. The Bertz CT molecular complexity index is 1270. The fourth-order valence-corrected chi connectivity index (χ4v) is 6.45. The largest absolute Gasteiger partial charge is 0.452 e. The number of alkyl halides is 5. The summed E-state index contributed by atoms with van der Waals surface area (Å²) in [4.78, 5) is 52.0. The molecule has 1 heterocycles. The lowest BCUT2D eigenvalue weighted by Gasteiger charge is -2.28. The zero-order valence-corrected chi connectivity index (χ0v) is 20.4. The van der Waals surface area contributed by atoms with Gasteiger partial charge < -0.3 is 10.1 Å². The normalized spacial score (nSPS) is 28.4. The van der Waals surface area contributed by atoms with Crippen molar-refractivity contribution in [3.63, 3.8) is 0 Å². The number of anilines is 2. The van der Waals surface area contributed by atoms with Crippen LogP contribution in [-0.2, 0) is 25.3 Å². The van der Waals surface area contributed by atoms with Crippen LogP contribution in [0.2, 0.25) is 0 Å². The van der Waals surface area contributed by atoms with Crippen molar-refractivity contribution >= 4 is 58.3 Å². The Labute approximate surface area is 218 Å². The molecule has 1 N–H and O–H groups in total. The number of carbonyl (C=O) groups is 4. The Kier molecular flexibility index (Phi) is 6.44. The number of carbonyl (C=O) groups excluding carboxylic acids is 4. The molecule has 6 atom stereocenters. The molecule has 1 aliphatic heterocycles. The van der Waals surface area contributed by atoms with Gasteiger partial charge >= 0.3 is 12.1 Å². The van der Waals surface area contributed by atoms with Gasteiger partial charge in [-0.3, -0.25) is 19.3 Å². The summed E-state index contributed by atoms with van der Waals surface area (Å²) in [6, 6.07) is 9.68. The summed E-state index contributed by atoms with van der Waals surface area (Å²) in [7, 11) is 0. The molecule has 1 saturated heterocycles. The molecule has 0 unspecified atom stereocenters. The fraction of sp³-hybridized carbons (Fsp3) is 0.360. The van der Waals surface area contributed by atoms with Gasteiger partial charge in [0.15, 0.2) is 6.61 Å². The number of nitrogens with one attached hydrogen (secondary N) is 1. The standard InChI is InChI=1S/C25H19Cl2F3N2O5/c26-20-15-9-16(21(20)27)19-18(15)22(34)32(23(19)35)14-6-1-3-11(7-14)24(36)37-10-17(33)31-13-5-2-4-12(8-13)25(28,29)30/h1-8,15-16,18-21H,9-10H2,(H,31,33)/t15-,16-,18-,19-,20+,21+/m1/s1. The van der Waals surface area contributed by atoms with Gasteiger partial charge in [0, 0.05) is 5.69 Å². The lowest BCUT2D eigenvalue weighted by Crippen LogP contribution is -2.37. The maximum absolute atomic E-state index is 13.2. The van der Waals surface area contributed by atoms with E-state index in [9.17, 15) is 32.3 Å². The molecule has 12 heteroatoms. The summed E-state index contributed by atoms with van der Waals surface area (Å²) in [6.45, 7) is -0.761. The maximum atomic E-state index is 13.2. The first-order valence-electron chi connectivity index (χ1n) is 11.4. The zero-order chi connectivity index (χ0) is 26.6. The van der Waals surface area contributed by atoms with Crippen LogP contribution in [0.3, 0.4) is 0 Å². The van der Waals surface area contributed by atoms with Crippen LogP contribution in [0.4, 0.5) is 24.5 Å². The zero-order valence-electron chi connectivity index (χ0n) is 18.9. The third-order valence-corrected chi connectivity index (χ3v) is 8.45. The molecule has 2 aromatic carbocycles. The molecule has 2 bridgehead atoms. The van der Waals surface area contributed by atoms with Gasteiger partial charge in [-0.1, -0.05) is 12.1 Å². The van der Waals surface area contributed by atoms with E-state index < -0.39 is 52.8 Å². The van der Waals surface area contributed by atoms with E-state index in [1.165, 1.54) is 30.3 Å². The lowest BCUT2D eigenvalue weighted by molar-refractivity contribution is -0.137. The van der Waals surface area contributed by atoms with Crippen molar-refractivity contribution in [3.05, 3.63) is 59.7 Å². The quantitative estimate of drug-likeness (QED) is 0.334. The third kappa shape index (κ3) is 4.46. The van der Waals surface area contributed by atoms with Crippen molar-refractivity contribution < 1.29 is 37.1 Å². The molecular weight excluding hydrogens is 536 g/mol. The number of esters is 1. The first-order valence-corrected chi connectivity index (χ1v) is 12.2. The van der Waals surface area contributed by atoms with Gasteiger partial charge in [0.1, 0.15) is 0 Å². The van der Waals surface area contributed by atoms with Gasteiger partial charge in [-0.15, -0.1) is 23.2 Å². The second kappa shape index (κ2) is 9.33. The molecule has 0 aromatic heterocycles. The summed E-state index contributed by atoms with van der Waals surface area (Å²) in [5.74, 6) is -4.01. The highest BCUT2D eigenvalue weighted by Crippen LogP contribution is 2.59. The monoisotopic (exact) mass is 554 g/mol. The second-order valence-electron chi connectivity index (χ2n) is 9.27. The van der Waals surface area contributed by atoms with E-state index in [1.807, 2.05) is 0 Å². The highest BCUT2D eigenvalue weighted by atomic mass is 35.5. The number of halogens is 5. The number of hydrogen-bond donors (Lipinski definition) is 1. The Morgan fingerprint density at radius 3 is 2.22 bits per heavy atom. The smallest absolute Gasteiger partial charge is 0.416 e. The molecule has 3 fully saturated rings. The summed E-state index contributed by atoms with van der Waals surface area (Å²) in [6.07, 6.45) is -3.95. The Balaban J connectivity index is 1.24. The minimum Gasteiger partial charge on any atom is -0.452 e. The second-order valence-corrected chi connectivity index (χ2v) is 10.3. The van der Waals surface area contributed by atoms with Gasteiger partial charge in [0.25, 0.3) is 5.91 Å². The molecule has 3 aliphatic rings. The lowest BCUT2D eigenvalue weighted by atomic mass is 9.80. The van der Waals surface area contributed by atoms with Gasteiger partial charge in [0.05, 0.1) is 39.4 Å². The number of amides is 3. The van der Waals surface area contributed by atoms with E-state index in [2.05, 4.69) is 5.32 Å². The van der Waals surface area contributed by atoms with E-state index >= 15 is 0 Å². The molecule has 2 aliphatic carbocycles. The number of ether oxygens (including phenoxy) is 1. The van der Waals surface area contributed by atoms with Crippen LogP contribution >= 0.6 is 23.2 Å². The molecule has 37 heavy (non-hydrogen) atoms. The number of imide groups is 1. The van der Waals surface area contributed by atoms with Gasteiger partial charge in [0.2, 0.25) is 11.8 Å². The first kappa shape index (κ1) is 25.5. The summed E-state index contributed by atoms with van der Waals surface area (Å²) >= 11 is 12.8. The molecule has 0 radical (unpaired) electrons. The Morgan fingerprint density at radius 2 is 1.59 bits per heavy atom. The minimum absolute atomic E-state index is 0.0181. The summed E-state index contributed by atoms with van der Waals surface area (Å²) in [5, 5.41) is 1.45. The van der Waals surface area contributed by atoms with Crippen LogP contribution in [0.25, 0.3) is 0 Å². The van der Waals surface area contributed by atoms with Gasteiger partial charge in [-0.05, 0) is 54.7 Å². The molecule has 7 nitrogen and oxygen atoms in total. The van der Waals surface area contributed by atoms with Crippen molar-refractivity contribution in [1.82, 2.24) is 0 Å². The molecule has 194 valence electrons. The van der Waals surface area contributed by atoms with Crippen LogP contribution < -0.4 is 10.2 Å². The highest BCUT2D eigenvalue weighted by molar-refractivity contribution is 6.32. The van der Waals surface area contributed by atoms with Crippen LogP contribution in [0.5, 0.6) is 0 Å². The topological polar surface area (TPSA) is 92.8 Å². The number of fused-ring (bicyclic) bond motifs is 5. The van der Waals surface area contributed by atoms with E-state index in [1.54, 1.807) is 0 Å². The number of benzene rings is 2. The minimum atomic E-state index is -4.58. The Hall–Kier alpha value is -3.11. The molecule has 2 aromatic rings. The number of nitrogens with zero attached hydrogens (tertiary/aromatic N) is 1. The van der Waals surface area contributed by atoms with Crippen LogP contribution in [0, 0.1) is 23.7 Å². The van der Waals surface area contributed by atoms with Crippen molar-refractivity contribution in [1.29, 1.82) is 0 Å². The highest BCUT2D eigenvalue weighted by Gasteiger charge is 2.67. The number of hydrogen-bond acceptors (Lipinski definition) is 5. The molecule has 2 saturated carbocycles. The first-order chi connectivity index (χ1) is 17.5. The van der Waals surface area contributed by atoms with E-state index in [0.29, 0.717) is 6.42 Å². The molecule has 5 rings (SSSR count). The van der Waals surface area contributed by atoms with Gasteiger partial charge in [-0.2, -0.15) is 13.2 Å².